The minimum absolute atomic E-state index is 0.0224. The van der Waals surface area contributed by atoms with Crippen LogP contribution >= 0.6 is 0 Å². The van der Waals surface area contributed by atoms with E-state index in [9.17, 15) is 14.4 Å². The van der Waals surface area contributed by atoms with Crippen LogP contribution in [-0.2, 0) is 23.8 Å². The molecule has 9 atom stereocenters. The summed E-state index contributed by atoms with van der Waals surface area (Å²) in [7, 11) is 0. The van der Waals surface area contributed by atoms with E-state index in [2.05, 4.69) is 36.5 Å². The Morgan fingerprint density at radius 3 is 1.57 bits per heavy atom. The molecule has 6 aliphatic carbocycles. The SMILES string of the molecule is CC(C)(COC(=O)C1CC2C=CC1C2)COC(=O)C1CC2C=CC1C2.O=C(OCC1CC2C=CC1C2)c1ccccc1. The van der Waals surface area contributed by atoms with Gasteiger partial charge in [-0.3, -0.25) is 9.59 Å². The number of carbonyl (C=O) groups is 3. The number of rotatable bonds is 9. The van der Waals surface area contributed by atoms with Crippen molar-refractivity contribution in [3.63, 3.8) is 0 Å². The lowest BCUT2D eigenvalue weighted by molar-refractivity contribution is -0.158. The van der Waals surface area contributed by atoms with Gasteiger partial charge >= 0.3 is 17.9 Å². The van der Waals surface area contributed by atoms with Crippen molar-refractivity contribution in [2.75, 3.05) is 19.8 Å². The van der Waals surface area contributed by atoms with Crippen LogP contribution in [0.3, 0.4) is 0 Å². The van der Waals surface area contributed by atoms with Gasteiger partial charge in [0.2, 0.25) is 0 Å². The highest BCUT2D eigenvalue weighted by Crippen LogP contribution is 2.45. The van der Waals surface area contributed by atoms with E-state index in [1.807, 2.05) is 32.0 Å². The van der Waals surface area contributed by atoms with Crippen molar-refractivity contribution in [3.8, 4) is 0 Å². The summed E-state index contributed by atoms with van der Waals surface area (Å²) < 4.78 is 16.5. The maximum absolute atomic E-state index is 12.3. The van der Waals surface area contributed by atoms with Crippen LogP contribution in [0, 0.1) is 58.7 Å². The lowest BCUT2D eigenvalue weighted by atomic mass is 9.92. The van der Waals surface area contributed by atoms with Crippen LogP contribution < -0.4 is 0 Å². The largest absolute Gasteiger partial charge is 0.465 e. The summed E-state index contributed by atoms with van der Waals surface area (Å²) >= 11 is 0. The van der Waals surface area contributed by atoms with E-state index in [1.165, 1.54) is 12.8 Å². The summed E-state index contributed by atoms with van der Waals surface area (Å²) in [6.45, 7) is 5.13. The van der Waals surface area contributed by atoms with Crippen molar-refractivity contribution in [3.05, 3.63) is 72.4 Å². The zero-order chi connectivity index (χ0) is 29.3. The average Bonchev–Trinajstić information content (AvgIpc) is 3.86. The van der Waals surface area contributed by atoms with Gasteiger partial charge < -0.3 is 14.2 Å². The number of ether oxygens (including phenoxy) is 3. The number of carbonyl (C=O) groups excluding carboxylic acids is 3. The van der Waals surface area contributed by atoms with Crippen molar-refractivity contribution in [1.29, 1.82) is 0 Å². The first-order valence-electron chi connectivity index (χ1n) is 15.8. The second kappa shape index (κ2) is 12.2. The number of hydrogen-bond acceptors (Lipinski definition) is 6. The number of allylic oxidation sites excluding steroid dienone is 6. The number of hydrogen-bond donors (Lipinski definition) is 0. The van der Waals surface area contributed by atoms with Gasteiger partial charge in [-0.15, -0.1) is 0 Å². The van der Waals surface area contributed by atoms with Crippen molar-refractivity contribution in [2.24, 2.45) is 58.7 Å². The summed E-state index contributed by atoms with van der Waals surface area (Å²) in [5.41, 5.74) is 0.290. The van der Waals surface area contributed by atoms with Crippen molar-refractivity contribution in [1.82, 2.24) is 0 Å². The van der Waals surface area contributed by atoms with E-state index in [-0.39, 0.29) is 35.2 Å². The van der Waals surface area contributed by atoms with Gasteiger partial charge in [0, 0.05) is 5.41 Å². The molecule has 6 bridgehead atoms. The zero-order valence-corrected chi connectivity index (χ0v) is 24.9. The van der Waals surface area contributed by atoms with Crippen molar-refractivity contribution < 1.29 is 28.6 Å². The monoisotopic (exact) mass is 572 g/mol. The molecule has 6 aliphatic rings. The maximum Gasteiger partial charge on any atom is 0.338 e. The van der Waals surface area contributed by atoms with Crippen LogP contribution in [-0.4, -0.2) is 37.7 Å². The van der Waals surface area contributed by atoms with Gasteiger partial charge in [0.1, 0.15) is 0 Å². The summed E-state index contributed by atoms with van der Waals surface area (Å²) in [6, 6.07) is 9.21. The third kappa shape index (κ3) is 6.58. The molecule has 0 spiro atoms. The molecule has 0 saturated heterocycles. The van der Waals surface area contributed by atoms with Crippen LogP contribution in [0.4, 0.5) is 0 Å². The lowest BCUT2D eigenvalue weighted by Gasteiger charge is -2.27. The van der Waals surface area contributed by atoms with Crippen LogP contribution in [0.1, 0.15) is 62.7 Å². The predicted octanol–water partition coefficient (Wildman–Crippen LogP) is 6.58. The molecule has 6 nitrogen and oxygen atoms in total. The summed E-state index contributed by atoms with van der Waals surface area (Å²) in [4.78, 5) is 36.5. The van der Waals surface area contributed by atoms with E-state index in [4.69, 9.17) is 14.2 Å². The second-order valence-corrected chi connectivity index (χ2v) is 14.2. The fourth-order valence-electron chi connectivity index (χ4n) is 7.82. The van der Waals surface area contributed by atoms with E-state index >= 15 is 0 Å². The van der Waals surface area contributed by atoms with Gasteiger partial charge in [-0.2, -0.15) is 0 Å². The molecule has 0 radical (unpaired) electrons. The van der Waals surface area contributed by atoms with Crippen molar-refractivity contribution >= 4 is 17.9 Å². The molecule has 7 rings (SSSR count). The lowest BCUT2D eigenvalue weighted by Crippen LogP contribution is -2.32. The summed E-state index contributed by atoms with van der Waals surface area (Å²) in [5.74, 6) is 3.44. The predicted molar refractivity (Wildman–Crippen MR) is 159 cm³/mol. The van der Waals surface area contributed by atoms with Crippen LogP contribution in [0.15, 0.2) is 66.8 Å². The van der Waals surface area contributed by atoms with Crippen LogP contribution in [0.25, 0.3) is 0 Å². The van der Waals surface area contributed by atoms with E-state index in [0.29, 0.717) is 60.9 Å². The smallest absolute Gasteiger partial charge is 0.338 e. The van der Waals surface area contributed by atoms with Gasteiger partial charge in [0.25, 0.3) is 0 Å². The standard InChI is InChI=1S/C21H28O4.C15H16O2/c1-21(2,11-24-19(22)17-9-13-3-5-15(17)7-13)12-25-20(23)18-10-14-4-6-16(18)8-14;16-15(12-4-2-1-3-5-12)17-10-14-9-11-6-7-13(14)8-11/h3-6,13-18H,7-12H2,1-2H3;1-7,11,13-14H,8-10H2. The normalized spacial score (nSPS) is 34.4. The quantitative estimate of drug-likeness (QED) is 0.189. The van der Waals surface area contributed by atoms with E-state index in [0.717, 1.165) is 31.6 Å². The third-order valence-electron chi connectivity index (χ3n) is 10.2. The molecule has 1 aromatic carbocycles. The minimum atomic E-state index is -0.355. The minimum Gasteiger partial charge on any atom is -0.465 e. The highest BCUT2D eigenvalue weighted by molar-refractivity contribution is 5.89. The molecule has 0 aliphatic heterocycles. The highest BCUT2D eigenvalue weighted by Gasteiger charge is 2.43. The highest BCUT2D eigenvalue weighted by atomic mass is 16.5. The first kappa shape index (κ1) is 28.9. The molecular formula is C36H44O6. The van der Waals surface area contributed by atoms with Gasteiger partial charge in [-0.25, -0.2) is 4.79 Å². The maximum atomic E-state index is 12.3. The van der Waals surface area contributed by atoms with E-state index < -0.39 is 0 Å². The molecule has 224 valence electrons. The third-order valence-corrected chi connectivity index (χ3v) is 10.2. The molecule has 0 amide bonds. The molecule has 6 heteroatoms. The van der Waals surface area contributed by atoms with Gasteiger partial charge in [0.15, 0.2) is 0 Å². The molecule has 42 heavy (non-hydrogen) atoms. The molecule has 0 N–H and O–H groups in total. The summed E-state index contributed by atoms with van der Waals surface area (Å²) in [5, 5.41) is 0. The molecule has 1 aromatic rings. The van der Waals surface area contributed by atoms with Gasteiger partial charge in [-0.05, 0) is 92.1 Å². The fraction of sp³-hybridized carbons (Fsp3) is 0.583. The fourth-order valence-corrected chi connectivity index (χ4v) is 7.82. The first-order chi connectivity index (χ1) is 20.2. The van der Waals surface area contributed by atoms with Gasteiger partial charge in [0.05, 0.1) is 37.2 Å². The van der Waals surface area contributed by atoms with Crippen LogP contribution in [0.5, 0.6) is 0 Å². The first-order valence-corrected chi connectivity index (χ1v) is 15.8. The Balaban J connectivity index is 0.000000162. The Hall–Kier alpha value is -3.15. The van der Waals surface area contributed by atoms with Crippen LogP contribution in [0.2, 0.25) is 0 Å². The molecular weight excluding hydrogens is 528 g/mol. The molecule has 0 aromatic heterocycles. The zero-order valence-electron chi connectivity index (χ0n) is 24.9. The Morgan fingerprint density at radius 1 is 0.643 bits per heavy atom. The Bertz CT molecular complexity index is 1190. The van der Waals surface area contributed by atoms with Crippen molar-refractivity contribution in [2.45, 2.75) is 52.4 Å². The number of esters is 3. The number of benzene rings is 1. The molecule has 3 saturated carbocycles. The Kier molecular flexibility index (Phi) is 8.42. The number of fused-ring (bicyclic) bond motifs is 6. The average molecular weight is 573 g/mol. The Labute approximate surface area is 249 Å². The second-order valence-electron chi connectivity index (χ2n) is 14.2. The topological polar surface area (TPSA) is 78.9 Å². The molecule has 9 unspecified atom stereocenters. The molecule has 3 fully saturated rings. The summed E-state index contributed by atoms with van der Waals surface area (Å²) in [6.07, 6.45) is 19.9. The Morgan fingerprint density at radius 2 is 1.14 bits per heavy atom. The van der Waals surface area contributed by atoms with E-state index in [1.54, 1.807) is 12.1 Å². The molecule has 0 heterocycles. The van der Waals surface area contributed by atoms with Gasteiger partial charge in [-0.1, -0.05) is 68.5 Å².